The van der Waals surface area contributed by atoms with E-state index in [9.17, 15) is 14.9 Å². The number of oxazole rings is 1. The van der Waals surface area contributed by atoms with Crippen molar-refractivity contribution in [2.75, 3.05) is 5.32 Å². The van der Waals surface area contributed by atoms with E-state index in [0.29, 0.717) is 21.2 Å². The lowest BCUT2D eigenvalue weighted by Crippen LogP contribution is -2.13. The normalized spacial score (nSPS) is 10.6. The second kappa shape index (κ2) is 7.15. The van der Waals surface area contributed by atoms with Crippen LogP contribution in [0.25, 0.3) is 11.5 Å². The van der Waals surface area contributed by atoms with Crippen molar-refractivity contribution >= 4 is 40.5 Å². The fourth-order valence-corrected chi connectivity index (χ4v) is 2.52. The zero-order valence-electron chi connectivity index (χ0n) is 13.3. The molecule has 2 aromatic carbocycles. The summed E-state index contributed by atoms with van der Waals surface area (Å²) in [7, 11) is 0. The number of nitro benzene ring substituents is 1. The van der Waals surface area contributed by atoms with Gasteiger partial charge in [-0.1, -0.05) is 29.3 Å². The van der Waals surface area contributed by atoms with Crippen LogP contribution in [0, 0.1) is 17.0 Å². The van der Waals surface area contributed by atoms with Crippen molar-refractivity contribution in [3.63, 3.8) is 0 Å². The number of aryl methyl sites for hydroxylation is 1. The number of aromatic nitrogens is 1. The summed E-state index contributed by atoms with van der Waals surface area (Å²) in [5.74, 6) is -0.459. The van der Waals surface area contributed by atoms with E-state index in [-0.39, 0.29) is 23.0 Å². The van der Waals surface area contributed by atoms with Crippen molar-refractivity contribution in [2.45, 2.75) is 6.92 Å². The third-order valence-electron chi connectivity index (χ3n) is 3.50. The minimum absolute atomic E-state index is 0.0269. The minimum Gasteiger partial charge on any atom is -0.444 e. The average Bonchev–Trinajstić information content (AvgIpc) is 3.09. The fraction of sp³-hybridized carbons (Fsp3) is 0.0588. The SMILES string of the molecule is Cc1ccc(NC(=O)c2coc(-c3ccc(Cl)c(Cl)c3)n2)c([N+](=O)[O-])c1. The van der Waals surface area contributed by atoms with Crippen LogP contribution in [-0.4, -0.2) is 15.8 Å². The van der Waals surface area contributed by atoms with Crippen molar-refractivity contribution in [2.24, 2.45) is 0 Å². The monoisotopic (exact) mass is 391 g/mol. The molecule has 0 atom stereocenters. The van der Waals surface area contributed by atoms with Crippen molar-refractivity contribution in [1.82, 2.24) is 4.98 Å². The van der Waals surface area contributed by atoms with E-state index in [2.05, 4.69) is 10.3 Å². The molecule has 0 saturated carbocycles. The fourth-order valence-electron chi connectivity index (χ4n) is 2.22. The molecule has 0 radical (unpaired) electrons. The van der Waals surface area contributed by atoms with E-state index < -0.39 is 10.8 Å². The Hall–Kier alpha value is -2.90. The van der Waals surface area contributed by atoms with Gasteiger partial charge in [-0.25, -0.2) is 4.98 Å². The van der Waals surface area contributed by atoms with Gasteiger partial charge in [0.1, 0.15) is 12.0 Å². The lowest BCUT2D eigenvalue weighted by Gasteiger charge is -2.04. The maximum atomic E-state index is 12.3. The average molecular weight is 392 g/mol. The predicted molar refractivity (Wildman–Crippen MR) is 97.7 cm³/mol. The smallest absolute Gasteiger partial charge is 0.293 e. The molecule has 7 nitrogen and oxygen atoms in total. The van der Waals surface area contributed by atoms with Gasteiger partial charge in [0, 0.05) is 11.6 Å². The molecule has 0 unspecified atom stereocenters. The zero-order valence-corrected chi connectivity index (χ0v) is 14.8. The highest BCUT2D eigenvalue weighted by molar-refractivity contribution is 6.42. The minimum atomic E-state index is -0.632. The molecule has 0 aliphatic carbocycles. The van der Waals surface area contributed by atoms with Gasteiger partial charge in [0.05, 0.1) is 15.0 Å². The highest BCUT2D eigenvalue weighted by atomic mass is 35.5. The molecule has 0 fully saturated rings. The summed E-state index contributed by atoms with van der Waals surface area (Å²) in [6.45, 7) is 1.72. The first kappa shape index (κ1) is 17.9. The van der Waals surface area contributed by atoms with Crippen LogP contribution in [0.5, 0.6) is 0 Å². The molecule has 1 amide bonds. The highest BCUT2D eigenvalue weighted by Crippen LogP contribution is 2.29. The second-order valence-corrected chi connectivity index (χ2v) is 6.21. The van der Waals surface area contributed by atoms with Crippen LogP contribution in [0.3, 0.4) is 0 Å². The quantitative estimate of drug-likeness (QED) is 0.491. The van der Waals surface area contributed by atoms with Crippen LogP contribution in [0.15, 0.2) is 47.1 Å². The van der Waals surface area contributed by atoms with Gasteiger partial charge in [0.2, 0.25) is 5.89 Å². The highest BCUT2D eigenvalue weighted by Gasteiger charge is 2.19. The maximum Gasteiger partial charge on any atom is 0.293 e. The summed E-state index contributed by atoms with van der Waals surface area (Å²) in [6, 6.07) is 9.28. The summed E-state index contributed by atoms with van der Waals surface area (Å²) in [6.07, 6.45) is 1.16. The van der Waals surface area contributed by atoms with Crippen LogP contribution >= 0.6 is 23.2 Å². The molecule has 0 bridgehead atoms. The Morgan fingerprint density at radius 1 is 1.19 bits per heavy atom. The summed E-state index contributed by atoms with van der Waals surface area (Å²) in [4.78, 5) is 27.0. The number of hydrogen-bond acceptors (Lipinski definition) is 5. The third kappa shape index (κ3) is 3.68. The molecule has 132 valence electrons. The number of nitro groups is 1. The van der Waals surface area contributed by atoms with Crippen LogP contribution in [0.2, 0.25) is 10.0 Å². The second-order valence-electron chi connectivity index (χ2n) is 5.40. The van der Waals surface area contributed by atoms with Gasteiger partial charge in [0.25, 0.3) is 11.6 Å². The van der Waals surface area contributed by atoms with Crippen LogP contribution in [0.4, 0.5) is 11.4 Å². The predicted octanol–water partition coefficient (Wildman–Crippen LogP) is 5.12. The number of carbonyl (C=O) groups excluding carboxylic acids is 1. The van der Waals surface area contributed by atoms with Crippen molar-refractivity contribution in [3.05, 3.63) is 74.1 Å². The van der Waals surface area contributed by atoms with E-state index in [1.54, 1.807) is 31.2 Å². The molecule has 3 rings (SSSR count). The Kier molecular flexibility index (Phi) is 4.92. The van der Waals surface area contributed by atoms with E-state index in [1.165, 1.54) is 12.1 Å². The number of nitrogens with zero attached hydrogens (tertiary/aromatic N) is 2. The lowest BCUT2D eigenvalue weighted by molar-refractivity contribution is -0.384. The van der Waals surface area contributed by atoms with Crippen LogP contribution in [0.1, 0.15) is 16.1 Å². The Labute approximate surface area is 157 Å². The molecule has 1 aromatic heterocycles. The van der Waals surface area contributed by atoms with Gasteiger partial charge >= 0.3 is 0 Å². The number of anilines is 1. The van der Waals surface area contributed by atoms with E-state index in [0.717, 1.165) is 6.26 Å². The van der Waals surface area contributed by atoms with Gasteiger partial charge in [-0.2, -0.15) is 0 Å². The van der Waals surface area contributed by atoms with Crippen LogP contribution in [-0.2, 0) is 0 Å². The molecule has 9 heteroatoms. The Bertz CT molecular complexity index is 1020. The third-order valence-corrected chi connectivity index (χ3v) is 4.24. The molecule has 1 heterocycles. The molecule has 0 saturated heterocycles. The molecule has 3 aromatic rings. The number of nitrogens with one attached hydrogen (secondary N) is 1. The van der Waals surface area contributed by atoms with E-state index >= 15 is 0 Å². The topological polar surface area (TPSA) is 98.3 Å². The Morgan fingerprint density at radius 2 is 1.96 bits per heavy atom. The standard InChI is InChI=1S/C17H11Cl2N3O4/c1-9-2-5-13(15(6-9)22(24)25)20-16(23)14-8-26-17(21-14)10-3-4-11(18)12(19)7-10/h2-8H,1H3,(H,20,23). The Morgan fingerprint density at radius 3 is 2.65 bits per heavy atom. The van der Waals surface area contributed by atoms with Gasteiger partial charge in [-0.05, 0) is 36.8 Å². The van der Waals surface area contributed by atoms with Gasteiger partial charge in [0.15, 0.2) is 5.69 Å². The number of benzene rings is 2. The number of hydrogen-bond donors (Lipinski definition) is 1. The lowest BCUT2D eigenvalue weighted by atomic mass is 10.2. The van der Waals surface area contributed by atoms with Gasteiger partial charge in [-0.3, -0.25) is 14.9 Å². The molecular formula is C17H11Cl2N3O4. The largest absolute Gasteiger partial charge is 0.444 e. The van der Waals surface area contributed by atoms with Crippen molar-refractivity contribution in [3.8, 4) is 11.5 Å². The summed E-state index contributed by atoms with van der Waals surface area (Å²) >= 11 is 11.8. The number of halogens is 2. The van der Waals surface area contributed by atoms with Gasteiger partial charge in [-0.15, -0.1) is 0 Å². The molecule has 26 heavy (non-hydrogen) atoms. The number of carbonyl (C=O) groups is 1. The number of rotatable bonds is 4. The van der Waals surface area contributed by atoms with Crippen molar-refractivity contribution in [1.29, 1.82) is 0 Å². The number of amides is 1. The molecule has 0 aliphatic rings. The zero-order chi connectivity index (χ0) is 18.8. The first-order valence-electron chi connectivity index (χ1n) is 7.32. The van der Waals surface area contributed by atoms with Gasteiger partial charge < -0.3 is 9.73 Å². The first-order chi connectivity index (χ1) is 12.3. The van der Waals surface area contributed by atoms with Crippen molar-refractivity contribution < 1.29 is 14.1 Å². The molecule has 0 aliphatic heterocycles. The maximum absolute atomic E-state index is 12.3. The van der Waals surface area contributed by atoms with E-state index in [1.807, 2.05) is 0 Å². The molecular weight excluding hydrogens is 381 g/mol. The first-order valence-corrected chi connectivity index (χ1v) is 8.08. The summed E-state index contributed by atoms with van der Waals surface area (Å²) < 4.78 is 5.29. The molecule has 1 N–H and O–H groups in total. The Balaban J connectivity index is 1.85. The summed E-state index contributed by atoms with van der Waals surface area (Å²) in [5.41, 5.74) is 1.09. The summed E-state index contributed by atoms with van der Waals surface area (Å²) in [5, 5.41) is 14.3. The van der Waals surface area contributed by atoms with E-state index in [4.69, 9.17) is 27.6 Å². The van der Waals surface area contributed by atoms with Crippen LogP contribution < -0.4 is 5.32 Å². The molecule has 0 spiro atoms.